The predicted octanol–water partition coefficient (Wildman–Crippen LogP) is 2.22. The van der Waals surface area contributed by atoms with E-state index in [2.05, 4.69) is 17.2 Å². The zero-order valence-electron chi connectivity index (χ0n) is 13.3. The molecular weight excluding hydrogens is 256 g/mol. The van der Waals surface area contributed by atoms with Gasteiger partial charge in [-0.1, -0.05) is 12.2 Å². The highest BCUT2D eigenvalue weighted by Crippen LogP contribution is 2.37. The molecule has 2 amide bonds. The molecule has 0 aromatic rings. The normalized spacial score (nSPS) is 23.4. The number of urea groups is 1. The van der Waals surface area contributed by atoms with E-state index in [1.807, 2.05) is 34.6 Å². The van der Waals surface area contributed by atoms with Crippen molar-refractivity contribution < 1.29 is 14.3 Å². The van der Waals surface area contributed by atoms with Crippen LogP contribution in [0.2, 0.25) is 0 Å². The van der Waals surface area contributed by atoms with E-state index in [-0.39, 0.29) is 23.3 Å². The molecule has 1 heterocycles. The zero-order chi connectivity index (χ0) is 15.4. The topological polar surface area (TPSA) is 59.6 Å². The second-order valence-corrected chi connectivity index (χ2v) is 6.63. The first-order valence-electron chi connectivity index (χ1n) is 7.09. The number of ether oxygens (including phenoxy) is 2. The van der Waals surface area contributed by atoms with Crippen molar-refractivity contribution in [2.45, 2.75) is 58.3 Å². The Morgan fingerprint density at radius 1 is 1.40 bits per heavy atom. The lowest BCUT2D eigenvalue weighted by Crippen LogP contribution is -2.50. The monoisotopic (exact) mass is 284 g/mol. The SMILES string of the molecule is C=C(C)COCCNC(=O)NC1CC(C)(C)OC1(C)C. The van der Waals surface area contributed by atoms with Crippen molar-refractivity contribution >= 4 is 6.03 Å². The van der Waals surface area contributed by atoms with E-state index >= 15 is 0 Å². The molecule has 1 unspecified atom stereocenters. The molecule has 5 heteroatoms. The van der Waals surface area contributed by atoms with E-state index in [9.17, 15) is 4.79 Å². The fourth-order valence-electron chi connectivity index (χ4n) is 2.48. The van der Waals surface area contributed by atoms with Crippen LogP contribution in [0.15, 0.2) is 12.2 Å². The van der Waals surface area contributed by atoms with E-state index in [0.29, 0.717) is 19.8 Å². The Balaban J connectivity index is 2.27. The summed E-state index contributed by atoms with van der Waals surface area (Å²) in [4.78, 5) is 11.8. The summed E-state index contributed by atoms with van der Waals surface area (Å²) in [6, 6.07) is -0.169. The molecule has 1 aliphatic heterocycles. The Hall–Kier alpha value is -1.07. The highest BCUT2D eigenvalue weighted by Gasteiger charge is 2.46. The van der Waals surface area contributed by atoms with E-state index in [4.69, 9.17) is 9.47 Å². The number of carbonyl (C=O) groups is 1. The van der Waals surface area contributed by atoms with Crippen LogP contribution in [0.25, 0.3) is 0 Å². The van der Waals surface area contributed by atoms with Gasteiger partial charge in [-0.05, 0) is 41.0 Å². The summed E-state index contributed by atoms with van der Waals surface area (Å²) >= 11 is 0. The summed E-state index contributed by atoms with van der Waals surface area (Å²) in [5.41, 5.74) is 0.421. The Bertz CT molecular complexity index is 364. The standard InChI is InChI=1S/C15H28N2O3/c1-11(2)10-19-8-7-16-13(18)17-12-9-14(3,4)20-15(12,5)6/h12H,1,7-10H2,2-6H3,(H2,16,17,18). The van der Waals surface area contributed by atoms with E-state index in [0.717, 1.165) is 12.0 Å². The van der Waals surface area contributed by atoms with Gasteiger partial charge in [0.1, 0.15) is 0 Å². The molecule has 0 saturated carbocycles. The highest BCUT2D eigenvalue weighted by molar-refractivity contribution is 5.74. The van der Waals surface area contributed by atoms with Crippen LogP contribution < -0.4 is 10.6 Å². The number of hydrogen-bond donors (Lipinski definition) is 2. The van der Waals surface area contributed by atoms with Crippen LogP contribution in [0.1, 0.15) is 41.0 Å². The molecule has 1 fully saturated rings. The second kappa shape index (κ2) is 6.59. The van der Waals surface area contributed by atoms with Crippen LogP contribution in [0, 0.1) is 0 Å². The third-order valence-corrected chi connectivity index (χ3v) is 3.26. The van der Waals surface area contributed by atoms with Gasteiger partial charge in [0.2, 0.25) is 0 Å². The van der Waals surface area contributed by atoms with Gasteiger partial charge in [-0.2, -0.15) is 0 Å². The Morgan fingerprint density at radius 3 is 2.55 bits per heavy atom. The summed E-state index contributed by atoms with van der Waals surface area (Å²) in [5.74, 6) is 0. The number of amides is 2. The molecular formula is C15H28N2O3. The average molecular weight is 284 g/mol. The van der Waals surface area contributed by atoms with Crippen molar-refractivity contribution in [3.05, 3.63) is 12.2 Å². The van der Waals surface area contributed by atoms with Gasteiger partial charge >= 0.3 is 6.03 Å². The summed E-state index contributed by atoms with van der Waals surface area (Å²) in [6.07, 6.45) is 0.805. The Kier molecular flexibility index (Phi) is 5.59. The van der Waals surface area contributed by atoms with Gasteiger partial charge in [0, 0.05) is 6.54 Å². The van der Waals surface area contributed by atoms with Crippen molar-refractivity contribution in [2.24, 2.45) is 0 Å². The number of nitrogens with one attached hydrogen (secondary N) is 2. The molecule has 1 aliphatic rings. The molecule has 1 saturated heterocycles. The first-order valence-corrected chi connectivity index (χ1v) is 7.09. The van der Waals surface area contributed by atoms with Gasteiger partial charge < -0.3 is 20.1 Å². The average Bonchev–Trinajstić information content (AvgIpc) is 2.45. The minimum atomic E-state index is -0.350. The zero-order valence-corrected chi connectivity index (χ0v) is 13.3. The van der Waals surface area contributed by atoms with Crippen LogP contribution >= 0.6 is 0 Å². The molecule has 0 aromatic carbocycles. The van der Waals surface area contributed by atoms with Crippen molar-refractivity contribution in [3.63, 3.8) is 0 Å². The smallest absolute Gasteiger partial charge is 0.315 e. The number of carbonyl (C=O) groups excluding carboxylic acids is 1. The maximum absolute atomic E-state index is 11.8. The first kappa shape index (κ1) is 17.0. The summed E-state index contributed by atoms with van der Waals surface area (Å²) in [5, 5.41) is 5.76. The Labute approximate surface area is 122 Å². The van der Waals surface area contributed by atoms with Gasteiger partial charge in [0.25, 0.3) is 0 Å². The lowest BCUT2D eigenvalue weighted by Gasteiger charge is -2.27. The third kappa shape index (κ3) is 5.51. The van der Waals surface area contributed by atoms with E-state index < -0.39 is 0 Å². The quantitative estimate of drug-likeness (QED) is 0.581. The van der Waals surface area contributed by atoms with Crippen molar-refractivity contribution in [2.75, 3.05) is 19.8 Å². The molecule has 0 spiro atoms. The minimum Gasteiger partial charge on any atom is -0.375 e. The van der Waals surface area contributed by atoms with Crippen molar-refractivity contribution in [3.8, 4) is 0 Å². The van der Waals surface area contributed by atoms with Gasteiger partial charge in [0.15, 0.2) is 0 Å². The van der Waals surface area contributed by atoms with Gasteiger partial charge in [0.05, 0.1) is 30.5 Å². The summed E-state index contributed by atoms with van der Waals surface area (Å²) < 4.78 is 11.3. The molecule has 20 heavy (non-hydrogen) atoms. The van der Waals surface area contributed by atoms with Crippen molar-refractivity contribution in [1.82, 2.24) is 10.6 Å². The summed E-state index contributed by atoms with van der Waals surface area (Å²) in [7, 11) is 0. The minimum absolute atomic E-state index is 0.00818. The van der Waals surface area contributed by atoms with Crippen LogP contribution in [-0.4, -0.2) is 43.0 Å². The fourth-order valence-corrected chi connectivity index (χ4v) is 2.48. The first-order chi connectivity index (χ1) is 9.12. The maximum Gasteiger partial charge on any atom is 0.315 e. The van der Waals surface area contributed by atoms with Gasteiger partial charge in [-0.25, -0.2) is 4.79 Å². The van der Waals surface area contributed by atoms with E-state index in [1.54, 1.807) is 0 Å². The van der Waals surface area contributed by atoms with Crippen LogP contribution in [0.5, 0.6) is 0 Å². The molecule has 0 aliphatic carbocycles. The Morgan fingerprint density at radius 2 is 2.05 bits per heavy atom. The maximum atomic E-state index is 11.8. The largest absolute Gasteiger partial charge is 0.375 e. The number of hydrogen-bond acceptors (Lipinski definition) is 3. The van der Waals surface area contributed by atoms with Crippen LogP contribution in [0.3, 0.4) is 0 Å². The van der Waals surface area contributed by atoms with E-state index in [1.165, 1.54) is 0 Å². The summed E-state index contributed by atoms with van der Waals surface area (Å²) in [6.45, 7) is 15.2. The number of rotatable bonds is 6. The molecule has 5 nitrogen and oxygen atoms in total. The lowest BCUT2D eigenvalue weighted by molar-refractivity contribution is -0.0690. The predicted molar refractivity (Wildman–Crippen MR) is 79.8 cm³/mol. The molecule has 116 valence electrons. The third-order valence-electron chi connectivity index (χ3n) is 3.26. The fraction of sp³-hybridized carbons (Fsp3) is 0.800. The molecule has 0 bridgehead atoms. The second-order valence-electron chi connectivity index (χ2n) is 6.63. The molecule has 0 aromatic heterocycles. The lowest BCUT2D eigenvalue weighted by atomic mass is 9.95. The molecule has 1 atom stereocenters. The molecule has 2 N–H and O–H groups in total. The molecule has 0 radical (unpaired) electrons. The van der Waals surface area contributed by atoms with Gasteiger partial charge in [-0.15, -0.1) is 0 Å². The van der Waals surface area contributed by atoms with Gasteiger partial charge in [-0.3, -0.25) is 0 Å². The van der Waals surface area contributed by atoms with Crippen LogP contribution in [0.4, 0.5) is 4.79 Å². The molecule has 1 rings (SSSR count). The highest BCUT2D eigenvalue weighted by atomic mass is 16.5. The van der Waals surface area contributed by atoms with Crippen molar-refractivity contribution in [1.29, 1.82) is 0 Å². The van der Waals surface area contributed by atoms with Crippen LogP contribution in [-0.2, 0) is 9.47 Å².